The maximum absolute atomic E-state index is 6.12. The molecule has 22 heavy (non-hydrogen) atoms. The van der Waals surface area contributed by atoms with Gasteiger partial charge in [-0.25, -0.2) is 4.98 Å². The first-order valence-corrected chi connectivity index (χ1v) is 8.46. The van der Waals surface area contributed by atoms with Crippen LogP contribution in [-0.4, -0.2) is 42.3 Å². The van der Waals surface area contributed by atoms with Gasteiger partial charge in [-0.05, 0) is 57.5 Å². The number of hydrogen-bond donors (Lipinski definition) is 3. The largest absolute Gasteiger partial charge is 0.490 e. The van der Waals surface area contributed by atoms with Gasteiger partial charge >= 0.3 is 0 Å². The first-order chi connectivity index (χ1) is 10.9. The number of ether oxygens (including phenoxy) is 1. The van der Waals surface area contributed by atoms with Crippen molar-refractivity contribution in [1.82, 2.24) is 20.6 Å². The van der Waals surface area contributed by atoms with Gasteiger partial charge in [0.2, 0.25) is 0 Å². The summed E-state index contributed by atoms with van der Waals surface area (Å²) in [6.45, 7) is 4.26. The molecule has 5 heteroatoms. The Labute approximate surface area is 130 Å². The molecule has 2 aliphatic rings. The first kappa shape index (κ1) is 14.0. The standard InChI is InChI=1S/C17H24N4O/c1-2-12(11-19-7-1)17-20-15-4-3-14(10-16(15)21-17)22-13-5-8-18-9-6-13/h3-4,10,12-13,18-19H,1-2,5-9,11H2,(H,20,21). The van der Waals surface area contributed by atoms with Gasteiger partial charge < -0.3 is 20.4 Å². The fourth-order valence-corrected chi connectivity index (χ4v) is 3.47. The summed E-state index contributed by atoms with van der Waals surface area (Å²) in [5.41, 5.74) is 2.13. The second-order valence-electron chi connectivity index (χ2n) is 6.41. The van der Waals surface area contributed by atoms with Crippen molar-refractivity contribution < 1.29 is 4.74 Å². The summed E-state index contributed by atoms with van der Waals surface area (Å²) in [6, 6.07) is 6.22. The summed E-state index contributed by atoms with van der Waals surface area (Å²) in [7, 11) is 0. The van der Waals surface area contributed by atoms with E-state index >= 15 is 0 Å². The molecule has 2 aromatic rings. The van der Waals surface area contributed by atoms with Gasteiger partial charge in [-0.3, -0.25) is 0 Å². The minimum atomic E-state index is 0.337. The summed E-state index contributed by atoms with van der Waals surface area (Å²) in [4.78, 5) is 8.26. The topological polar surface area (TPSA) is 62.0 Å². The molecule has 4 rings (SSSR count). The molecule has 1 unspecified atom stereocenters. The molecule has 0 bridgehead atoms. The van der Waals surface area contributed by atoms with Crippen molar-refractivity contribution in [2.24, 2.45) is 0 Å². The summed E-state index contributed by atoms with van der Waals surface area (Å²) in [6.07, 6.45) is 4.94. The number of benzene rings is 1. The molecule has 1 atom stereocenters. The van der Waals surface area contributed by atoms with Crippen LogP contribution in [0.3, 0.4) is 0 Å². The van der Waals surface area contributed by atoms with E-state index in [9.17, 15) is 0 Å². The molecular formula is C17H24N4O. The molecule has 3 N–H and O–H groups in total. The van der Waals surface area contributed by atoms with Crippen molar-refractivity contribution in [3.05, 3.63) is 24.0 Å². The number of aromatic nitrogens is 2. The maximum atomic E-state index is 6.12. The van der Waals surface area contributed by atoms with E-state index in [0.717, 1.165) is 61.6 Å². The fraction of sp³-hybridized carbons (Fsp3) is 0.588. The van der Waals surface area contributed by atoms with E-state index in [-0.39, 0.29) is 0 Å². The number of imidazole rings is 1. The van der Waals surface area contributed by atoms with E-state index in [0.29, 0.717) is 12.0 Å². The third-order valence-electron chi connectivity index (χ3n) is 4.74. The maximum Gasteiger partial charge on any atom is 0.121 e. The van der Waals surface area contributed by atoms with Crippen molar-refractivity contribution in [2.45, 2.75) is 37.7 Å². The second kappa shape index (κ2) is 6.26. The average molecular weight is 300 g/mol. The lowest BCUT2D eigenvalue weighted by Crippen LogP contribution is -2.34. The van der Waals surface area contributed by atoms with Crippen LogP contribution in [0.1, 0.15) is 37.4 Å². The van der Waals surface area contributed by atoms with Gasteiger partial charge in [0, 0.05) is 18.5 Å². The zero-order valence-corrected chi connectivity index (χ0v) is 12.9. The zero-order valence-electron chi connectivity index (χ0n) is 12.9. The number of fused-ring (bicyclic) bond motifs is 1. The number of H-pyrrole nitrogens is 1. The average Bonchev–Trinajstić information content (AvgIpc) is 3.00. The van der Waals surface area contributed by atoms with E-state index in [1.165, 1.54) is 12.8 Å². The number of piperidine rings is 2. The van der Waals surface area contributed by atoms with Gasteiger partial charge in [0.05, 0.1) is 11.0 Å². The highest BCUT2D eigenvalue weighted by molar-refractivity contribution is 5.76. The van der Waals surface area contributed by atoms with Gasteiger partial charge in [0.1, 0.15) is 17.7 Å². The van der Waals surface area contributed by atoms with Crippen molar-refractivity contribution >= 4 is 11.0 Å². The number of nitrogens with one attached hydrogen (secondary N) is 3. The smallest absolute Gasteiger partial charge is 0.121 e. The molecule has 5 nitrogen and oxygen atoms in total. The molecule has 1 aromatic carbocycles. The van der Waals surface area contributed by atoms with E-state index in [4.69, 9.17) is 9.72 Å². The second-order valence-corrected chi connectivity index (χ2v) is 6.41. The predicted octanol–water partition coefficient (Wildman–Crippen LogP) is 2.16. The molecule has 2 aliphatic heterocycles. The molecule has 0 spiro atoms. The predicted molar refractivity (Wildman–Crippen MR) is 87.5 cm³/mol. The van der Waals surface area contributed by atoms with Crippen molar-refractivity contribution in [3.63, 3.8) is 0 Å². The van der Waals surface area contributed by atoms with E-state index in [1.807, 2.05) is 6.07 Å². The van der Waals surface area contributed by atoms with Gasteiger partial charge in [0.25, 0.3) is 0 Å². The molecule has 0 aliphatic carbocycles. The number of nitrogens with zero attached hydrogens (tertiary/aromatic N) is 1. The van der Waals surface area contributed by atoms with E-state index in [2.05, 4.69) is 27.8 Å². The highest BCUT2D eigenvalue weighted by Gasteiger charge is 2.19. The van der Waals surface area contributed by atoms with Crippen LogP contribution in [0.4, 0.5) is 0 Å². The summed E-state index contributed by atoms with van der Waals surface area (Å²) >= 11 is 0. The highest BCUT2D eigenvalue weighted by atomic mass is 16.5. The zero-order chi connectivity index (χ0) is 14.8. The molecular weight excluding hydrogens is 276 g/mol. The Bertz CT molecular complexity index is 627. The fourth-order valence-electron chi connectivity index (χ4n) is 3.47. The molecule has 0 amide bonds. The van der Waals surface area contributed by atoms with Crippen LogP contribution >= 0.6 is 0 Å². The Morgan fingerprint density at radius 3 is 2.77 bits per heavy atom. The Morgan fingerprint density at radius 2 is 1.95 bits per heavy atom. The summed E-state index contributed by atoms with van der Waals surface area (Å²) < 4.78 is 6.12. The molecule has 3 heterocycles. The van der Waals surface area contributed by atoms with E-state index in [1.54, 1.807) is 0 Å². The van der Waals surface area contributed by atoms with Crippen molar-refractivity contribution in [3.8, 4) is 5.75 Å². The quantitative estimate of drug-likeness (QED) is 0.813. The third kappa shape index (κ3) is 2.96. The lowest BCUT2D eigenvalue weighted by molar-refractivity contribution is 0.162. The molecule has 0 saturated carbocycles. The lowest BCUT2D eigenvalue weighted by Gasteiger charge is -2.23. The van der Waals surface area contributed by atoms with Crippen molar-refractivity contribution in [1.29, 1.82) is 0 Å². The minimum absolute atomic E-state index is 0.337. The SMILES string of the molecule is c1cc2nc(C3CCCNC3)[nH]c2cc1OC1CCNCC1. The number of rotatable bonds is 3. The molecule has 118 valence electrons. The third-order valence-corrected chi connectivity index (χ3v) is 4.74. The van der Waals surface area contributed by atoms with Crippen LogP contribution in [0.5, 0.6) is 5.75 Å². The number of aromatic amines is 1. The van der Waals surface area contributed by atoms with Crippen LogP contribution in [0.2, 0.25) is 0 Å². The first-order valence-electron chi connectivity index (χ1n) is 8.46. The van der Waals surface area contributed by atoms with Gasteiger partial charge in [0.15, 0.2) is 0 Å². The van der Waals surface area contributed by atoms with Crippen LogP contribution in [0.15, 0.2) is 18.2 Å². The van der Waals surface area contributed by atoms with Gasteiger partial charge in [-0.1, -0.05) is 0 Å². The van der Waals surface area contributed by atoms with Gasteiger partial charge in [-0.2, -0.15) is 0 Å². The highest BCUT2D eigenvalue weighted by Crippen LogP contribution is 2.26. The Morgan fingerprint density at radius 1 is 1.05 bits per heavy atom. The summed E-state index contributed by atoms with van der Waals surface area (Å²) in [5.74, 6) is 2.58. The van der Waals surface area contributed by atoms with Gasteiger partial charge in [-0.15, -0.1) is 0 Å². The lowest BCUT2D eigenvalue weighted by atomic mass is 9.99. The normalized spacial score (nSPS) is 23.7. The van der Waals surface area contributed by atoms with Crippen molar-refractivity contribution in [2.75, 3.05) is 26.2 Å². The Balaban J connectivity index is 1.52. The molecule has 2 saturated heterocycles. The summed E-state index contributed by atoms with van der Waals surface area (Å²) in [5, 5.41) is 6.82. The van der Waals surface area contributed by atoms with Crippen LogP contribution in [0.25, 0.3) is 11.0 Å². The minimum Gasteiger partial charge on any atom is -0.490 e. The monoisotopic (exact) mass is 300 g/mol. The number of hydrogen-bond acceptors (Lipinski definition) is 4. The molecule has 1 aromatic heterocycles. The Hall–Kier alpha value is -1.59. The van der Waals surface area contributed by atoms with E-state index < -0.39 is 0 Å². The van der Waals surface area contributed by atoms with Crippen LogP contribution < -0.4 is 15.4 Å². The molecule has 0 radical (unpaired) electrons. The van der Waals surface area contributed by atoms with Crippen LogP contribution in [0, 0.1) is 0 Å². The molecule has 2 fully saturated rings. The van der Waals surface area contributed by atoms with Crippen LogP contribution in [-0.2, 0) is 0 Å². The Kier molecular flexibility index (Phi) is 3.99.